The van der Waals surface area contributed by atoms with Crippen molar-refractivity contribution in [2.45, 2.75) is 46.1 Å². The van der Waals surface area contributed by atoms with E-state index in [2.05, 4.69) is 11.8 Å². The summed E-state index contributed by atoms with van der Waals surface area (Å²) in [6.07, 6.45) is 3.38. The zero-order chi connectivity index (χ0) is 13.8. The van der Waals surface area contributed by atoms with Gasteiger partial charge in [-0.3, -0.25) is 4.79 Å². The van der Waals surface area contributed by atoms with E-state index in [-0.39, 0.29) is 5.91 Å². The number of hydrogen-bond acceptors (Lipinski definition) is 3. The summed E-state index contributed by atoms with van der Waals surface area (Å²) in [5.74, 6) is 0.180. The van der Waals surface area contributed by atoms with Crippen LogP contribution < -0.4 is 5.73 Å². The molecule has 0 unspecified atom stereocenters. The molecule has 0 atom stereocenters. The molecule has 4 nitrogen and oxygen atoms in total. The fourth-order valence-electron chi connectivity index (χ4n) is 2.58. The number of rotatable bonds is 5. The second-order valence-corrected chi connectivity index (χ2v) is 6.08. The highest BCUT2D eigenvalue weighted by molar-refractivity contribution is 5.82. The van der Waals surface area contributed by atoms with Crippen LogP contribution in [0.3, 0.4) is 0 Å². The van der Waals surface area contributed by atoms with E-state index in [1.165, 1.54) is 13.0 Å². The van der Waals surface area contributed by atoms with Gasteiger partial charge in [-0.05, 0) is 39.7 Å². The lowest BCUT2D eigenvalue weighted by Crippen LogP contribution is -2.50. The van der Waals surface area contributed by atoms with Crippen molar-refractivity contribution in [2.75, 3.05) is 33.2 Å². The Bertz CT molecular complexity index is 270. The predicted octanol–water partition coefficient (Wildman–Crippen LogP) is 1.30. The molecule has 0 radical (unpaired) electrons. The van der Waals surface area contributed by atoms with Crippen LogP contribution in [0.1, 0.15) is 40.0 Å². The van der Waals surface area contributed by atoms with Gasteiger partial charge in [0.15, 0.2) is 0 Å². The largest absolute Gasteiger partial charge is 0.342 e. The maximum atomic E-state index is 12.3. The van der Waals surface area contributed by atoms with Gasteiger partial charge in [0.1, 0.15) is 0 Å². The normalized spacial score (nSPS) is 18.9. The van der Waals surface area contributed by atoms with E-state index in [4.69, 9.17) is 5.73 Å². The molecule has 0 aromatic heterocycles. The lowest BCUT2D eigenvalue weighted by Gasteiger charge is -2.39. The molecule has 0 aliphatic carbocycles. The zero-order valence-electron chi connectivity index (χ0n) is 12.4. The summed E-state index contributed by atoms with van der Waals surface area (Å²) in [4.78, 5) is 16.8. The van der Waals surface area contributed by atoms with Crippen LogP contribution in [0.15, 0.2) is 0 Å². The van der Waals surface area contributed by atoms with Crippen LogP contribution in [0.2, 0.25) is 0 Å². The van der Waals surface area contributed by atoms with E-state index in [9.17, 15) is 4.79 Å². The topological polar surface area (TPSA) is 49.6 Å². The van der Waals surface area contributed by atoms with Crippen molar-refractivity contribution < 1.29 is 4.79 Å². The van der Waals surface area contributed by atoms with Gasteiger partial charge in [-0.15, -0.1) is 0 Å². The predicted molar refractivity (Wildman–Crippen MR) is 75.4 cm³/mol. The number of piperidine rings is 1. The Morgan fingerprint density at radius 3 is 2.39 bits per heavy atom. The van der Waals surface area contributed by atoms with Crippen LogP contribution in [0.5, 0.6) is 0 Å². The van der Waals surface area contributed by atoms with Crippen LogP contribution in [0.4, 0.5) is 0 Å². The summed E-state index contributed by atoms with van der Waals surface area (Å²) >= 11 is 0. The quantitative estimate of drug-likeness (QED) is 0.805. The van der Waals surface area contributed by atoms with Gasteiger partial charge in [0, 0.05) is 32.7 Å². The Balaban J connectivity index is 2.49. The molecular formula is C14H29N3O. The fraction of sp³-hybridized carbons (Fsp3) is 0.929. The molecule has 1 saturated heterocycles. The molecule has 1 aliphatic rings. The maximum Gasteiger partial charge on any atom is 0.229 e. The average Bonchev–Trinajstić information content (AvgIpc) is 2.38. The lowest BCUT2D eigenvalue weighted by atomic mass is 9.90. The molecular weight excluding hydrogens is 226 g/mol. The van der Waals surface area contributed by atoms with E-state index in [1.807, 2.05) is 25.8 Å². The van der Waals surface area contributed by atoms with E-state index in [0.29, 0.717) is 12.6 Å². The highest BCUT2D eigenvalue weighted by Gasteiger charge is 2.33. The first-order valence-corrected chi connectivity index (χ1v) is 7.12. The van der Waals surface area contributed by atoms with Gasteiger partial charge in [-0.1, -0.05) is 6.92 Å². The first-order valence-electron chi connectivity index (χ1n) is 7.12. The third kappa shape index (κ3) is 3.69. The van der Waals surface area contributed by atoms with Gasteiger partial charge in [0.2, 0.25) is 5.91 Å². The van der Waals surface area contributed by atoms with Gasteiger partial charge in [-0.2, -0.15) is 0 Å². The average molecular weight is 255 g/mol. The van der Waals surface area contributed by atoms with Gasteiger partial charge in [-0.25, -0.2) is 0 Å². The van der Waals surface area contributed by atoms with E-state index >= 15 is 0 Å². The number of nitrogens with two attached hydrogens (primary N) is 1. The minimum atomic E-state index is -0.435. The summed E-state index contributed by atoms with van der Waals surface area (Å²) < 4.78 is 0. The maximum absolute atomic E-state index is 12.3. The highest BCUT2D eigenvalue weighted by Crippen LogP contribution is 2.22. The summed E-state index contributed by atoms with van der Waals surface area (Å²) in [5.41, 5.74) is 5.25. The van der Waals surface area contributed by atoms with Crippen molar-refractivity contribution in [2.24, 2.45) is 11.1 Å². The molecule has 1 amide bonds. The number of hydrogen-bond donors (Lipinski definition) is 1. The standard InChI is InChI=1S/C14H29N3O/c1-5-8-17-9-6-12(7-10-17)16(4)13(18)14(2,3)11-15/h12H,5-11,15H2,1-4H3. The van der Waals surface area contributed by atoms with Gasteiger partial charge < -0.3 is 15.5 Å². The molecule has 1 rings (SSSR count). The molecule has 1 fully saturated rings. The van der Waals surface area contributed by atoms with Gasteiger partial charge in [0.05, 0.1) is 5.41 Å². The van der Waals surface area contributed by atoms with Crippen LogP contribution in [0.25, 0.3) is 0 Å². The monoisotopic (exact) mass is 255 g/mol. The first-order chi connectivity index (χ1) is 8.42. The summed E-state index contributed by atoms with van der Waals surface area (Å²) in [6.45, 7) is 9.88. The Morgan fingerprint density at radius 2 is 1.94 bits per heavy atom. The van der Waals surface area contributed by atoms with Gasteiger partial charge in [0.25, 0.3) is 0 Å². The highest BCUT2D eigenvalue weighted by atomic mass is 16.2. The molecule has 0 aromatic rings. The molecule has 4 heteroatoms. The van der Waals surface area contributed by atoms with E-state index in [0.717, 1.165) is 25.9 Å². The SMILES string of the molecule is CCCN1CCC(N(C)C(=O)C(C)(C)CN)CC1. The lowest BCUT2D eigenvalue weighted by molar-refractivity contribution is -0.141. The van der Waals surface area contributed by atoms with Crippen LogP contribution in [-0.2, 0) is 4.79 Å². The van der Waals surface area contributed by atoms with Crippen molar-refractivity contribution in [3.8, 4) is 0 Å². The van der Waals surface area contributed by atoms with E-state index < -0.39 is 5.41 Å². The molecule has 0 aromatic carbocycles. The van der Waals surface area contributed by atoms with Crippen molar-refractivity contribution >= 4 is 5.91 Å². The van der Waals surface area contributed by atoms with Crippen molar-refractivity contribution in [1.82, 2.24) is 9.80 Å². The Morgan fingerprint density at radius 1 is 1.39 bits per heavy atom. The third-order valence-electron chi connectivity index (χ3n) is 4.05. The number of carbonyl (C=O) groups is 1. The molecule has 1 aliphatic heterocycles. The smallest absolute Gasteiger partial charge is 0.229 e. The van der Waals surface area contributed by atoms with E-state index in [1.54, 1.807) is 0 Å². The van der Waals surface area contributed by atoms with Crippen molar-refractivity contribution in [3.63, 3.8) is 0 Å². The second kappa shape index (κ2) is 6.53. The zero-order valence-corrected chi connectivity index (χ0v) is 12.4. The molecule has 2 N–H and O–H groups in total. The second-order valence-electron chi connectivity index (χ2n) is 6.08. The van der Waals surface area contributed by atoms with Crippen molar-refractivity contribution in [3.05, 3.63) is 0 Å². The Labute approximate surface area is 111 Å². The summed E-state index contributed by atoms with van der Waals surface area (Å²) in [5, 5.41) is 0. The Hall–Kier alpha value is -0.610. The minimum absolute atomic E-state index is 0.180. The molecule has 0 saturated carbocycles. The third-order valence-corrected chi connectivity index (χ3v) is 4.05. The van der Waals surface area contributed by atoms with Gasteiger partial charge >= 0.3 is 0 Å². The number of nitrogens with zero attached hydrogens (tertiary/aromatic N) is 2. The van der Waals surface area contributed by atoms with Crippen LogP contribution in [0, 0.1) is 5.41 Å². The molecule has 106 valence electrons. The molecule has 0 bridgehead atoms. The molecule has 18 heavy (non-hydrogen) atoms. The number of likely N-dealkylation sites (tertiary alicyclic amines) is 1. The Kier molecular flexibility index (Phi) is 5.60. The van der Waals surface area contributed by atoms with Crippen LogP contribution in [-0.4, -0.2) is 55.0 Å². The number of amides is 1. The number of carbonyl (C=O) groups excluding carboxylic acids is 1. The molecule has 1 heterocycles. The first kappa shape index (κ1) is 15.4. The minimum Gasteiger partial charge on any atom is -0.342 e. The summed E-state index contributed by atoms with van der Waals surface area (Å²) in [7, 11) is 1.93. The van der Waals surface area contributed by atoms with Crippen molar-refractivity contribution in [1.29, 1.82) is 0 Å². The summed E-state index contributed by atoms with van der Waals surface area (Å²) in [6, 6.07) is 0.386. The fourth-order valence-corrected chi connectivity index (χ4v) is 2.58. The van der Waals surface area contributed by atoms with Crippen LogP contribution >= 0.6 is 0 Å². The molecule has 0 spiro atoms.